The van der Waals surface area contributed by atoms with Gasteiger partial charge in [0, 0.05) is 16.3 Å². The Morgan fingerprint density at radius 1 is 0.925 bits per heavy atom. The van der Waals surface area contributed by atoms with Crippen LogP contribution in [-0.4, -0.2) is 20.7 Å². The number of nitrogens with one attached hydrogen (secondary N) is 1. The fourth-order valence-corrected chi connectivity index (χ4v) is 4.74. The third kappa shape index (κ3) is 6.94. The van der Waals surface area contributed by atoms with Gasteiger partial charge in [0.2, 0.25) is 0 Å². The molecule has 4 aromatic rings. The number of thioether (sulfide) groups is 1. The van der Waals surface area contributed by atoms with Crippen molar-refractivity contribution in [3.8, 4) is 5.69 Å². The maximum absolute atomic E-state index is 13.3. The first-order chi connectivity index (χ1) is 18.7. The average molecular weight is 603 g/mol. The molecule has 0 aliphatic carbocycles. The number of aromatic nitrogens is 3. The molecule has 1 amide bonds. The van der Waals surface area contributed by atoms with E-state index in [2.05, 4.69) is 15.5 Å². The van der Waals surface area contributed by atoms with Crippen molar-refractivity contribution in [2.75, 3.05) is 0 Å². The molecule has 4 rings (SSSR count). The van der Waals surface area contributed by atoms with Gasteiger partial charge in [0.25, 0.3) is 5.91 Å². The minimum absolute atomic E-state index is 0.0556. The van der Waals surface area contributed by atoms with E-state index in [0.29, 0.717) is 33.8 Å². The van der Waals surface area contributed by atoms with Gasteiger partial charge in [-0.15, -0.1) is 10.2 Å². The predicted molar refractivity (Wildman–Crippen MR) is 135 cm³/mol. The van der Waals surface area contributed by atoms with Crippen LogP contribution in [0, 0.1) is 12.7 Å². The highest BCUT2D eigenvalue weighted by Gasteiger charge is 2.37. The zero-order valence-corrected chi connectivity index (χ0v) is 21.9. The number of carbonyl (C=O) groups excluding carboxylic acids is 1. The second-order valence-electron chi connectivity index (χ2n) is 8.56. The molecular weight excluding hydrogens is 585 g/mol. The van der Waals surface area contributed by atoms with Gasteiger partial charge in [-0.05, 0) is 60.5 Å². The molecule has 210 valence electrons. The largest absolute Gasteiger partial charge is 0.416 e. The minimum Gasteiger partial charge on any atom is -0.345 e. The van der Waals surface area contributed by atoms with Crippen molar-refractivity contribution in [3.63, 3.8) is 0 Å². The minimum atomic E-state index is -5.10. The van der Waals surface area contributed by atoms with Crippen LogP contribution in [0.15, 0.2) is 65.8 Å². The smallest absolute Gasteiger partial charge is 0.345 e. The Bertz CT molecular complexity index is 1500. The standard InChI is InChI=1S/C26H18ClF7N4OS/c1-14-2-5-19(27)11-21(14)38-22(36-37-24(38)40-13-15-3-6-20(28)7-4-15)12-35-23(39)16-8-17(25(29,30)31)10-18(9-16)26(32,33)34/h2-11H,12-13H2,1H3,(H,35,39). The summed E-state index contributed by atoms with van der Waals surface area (Å²) in [5, 5.41) is 11.3. The van der Waals surface area contributed by atoms with Crippen molar-refractivity contribution in [2.45, 2.75) is 36.7 Å². The molecular formula is C26H18ClF7N4OS. The molecule has 0 saturated carbocycles. The maximum Gasteiger partial charge on any atom is 0.416 e. The van der Waals surface area contributed by atoms with Crippen LogP contribution in [0.1, 0.15) is 38.4 Å². The first-order valence-corrected chi connectivity index (χ1v) is 12.7. The number of aryl methyl sites for hydroxylation is 1. The Morgan fingerprint density at radius 3 is 2.15 bits per heavy atom. The Kier molecular flexibility index (Phi) is 8.45. The number of hydrogen-bond donors (Lipinski definition) is 1. The fourth-order valence-electron chi connectivity index (χ4n) is 3.65. The SMILES string of the molecule is Cc1ccc(Cl)cc1-n1c(CNC(=O)c2cc(C(F)(F)F)cc(C(F)(F)F)c2)nnc1SCc1ccc(F)cc1. The molecule has 0 bridgehead atoms. The highest BCUT2D eigenvalue weighted by atomic mass is 35.5. The Labute approximate surface area is 232 Å². The van der Waals surface area contributed by atoms with E-state index in [1.54, 1.807) is 41.8 Å². The van der Waals surface area contributed by atoms with E-state index in [1.165, 1.54) is 23.9 Å². The molecule has 1 aromatic heterocycles. The highest BCUT2D eigenvalue weighted by molar-refractivity contribution is 7.98. The molecule has 1 heterocycles. The first kappa shape index (κ1) is 29.4. The van der Waals surface area contributed by atoms with E-state index in [0.717, 1.165) is 11.1 Å². The lowest BCUT2D eigenvalue weighted by molar-refractivity contribution is -0.143. The fraction of sp³-hybridized carbons (Fsp3) is 0.192. The van der Waals surface area contributed by atoms with E-state index in [1.807, 2.05) is 0 Å². The summed E-state index contributed by atoms with van der Waals surface area (Å²) in [5.41, 5.74) is -1.97. The van der Waals surface area contributed by atoms with Gasteiger partial charge in [0.05, 0.1) is 23.4 Å². The van der Waals surface area contributed by atoms with Crippen LogP contribution in [0.3, 0.4) is 0 Å². The van der Waals surface area contributed by atoms with Crippen molar-refractivity contribution in [2.24, 2.45) is 0 Å². The summed E-state index contributed by atoms with van der Waals surface area (Å²) in [5.74, 6) is -1.06. The van der Waals surface area contributed by atoms with Crippen LogP contribution in [0.4, 0.5) is 30.7 Å². The summed E-state index contributed by atoms with van der Waals surface area (Å²) in [6.45, 7) is 1.40. The number of benzene rings is 3. The molecule has 40 heavy (non-hydrogen) atoms. The normalized spacial score (nSPS) is 12.0. The van der Waals surface area contributed by atoms with Crippen molar-refractivity contribution >= 4 is 29.3 Å². The topological polar surface area (TPSA) is 59.8 Å². The number of rotatable bonds is 7. The molecule has 0 unspecified atom stereocenters. The van der Waals surface area contributed by atoms with Crippen molar-refractivity contribution < 1.29 is 35.5 Å². The molecule has 0 fully saturated rings. The molecule has 0 aliphatic heterocycles. The number of nitrogens with zero attached hydrogens (tertiary/aromatic N) is 3. The lowest BCUT2D eigenvalue weighted by Gasteiger charge is -2.15. The van der Waals surface area contributed by atoms with Gasteiger partial charge in [-0.25, -0.2) is 4.39 Å². The molecule has 1 N–H and O–H groups in total. The van der Waals surface area contributed by atoms with Crippen LogP contribution in [0.5, 0.6) is 0 Å². The number of halogens is 8. The number of amides is 1. The number of carbonyl (C=O) groups is 1. The van der Waals surface area contributed by atoms with Crippen LogP contribution < -0.4 is 5.32 Å². The molecule has 14 heteroatoms. The highest BCUT2D eigenvalue weighted by Crippen LogP contribution is 2.36. The lowest BCUT2D eigenvalue weighted by atomic mass is 10.0. The van der Waals surface area contributed by atoms with Gasteiger partial charge in [0.1, 0.15) is 5.82 Å². The Hall–Kier alpha value is -3.58. The van der Waals surface area contributed by atoms with Crippen molar-refractivity contribution in [3.05, 3.63) is 105 Å². The van der Waals surface area contributed by atoms with E-state index >= 15 is 0 Å². The second-order valence-corrected chi connectivity index (χ2v) is 9.94. The zero-order valence-electron chi connectivity index (χ0n) is 20.4. The monoisotopic (exact) mass is 602 g/mol. The van der Waals surface area contributed by atoms with Gasteiger partial charge >= 0.3 is 12.4 Å². The number of hydrogen-bond acceptors (Lipinski definition) is 4. The molecule has 0 aliphatic rings. The van der Waals surface area contributed by atoms with Gasteiger partial charge in [-0.2, -0.15) is 26.3 Å². The maximum atomic E-state index is 13.3. The quantitative estimate of drug-likeness (QED) is 0.175. The summed E-state index contributed by atoms with van der Waals surface area (Å²) in [7, 11) is 0. The molecule has 3 aromatic carbocycles. The first-order valence-electron chi connectivity index (χ1n) is 11.4. The molecule has 0 atom stereocenters. The summed E-state index contributed by atoms with van der Waals surface area (Å²) >= 11 is 7.42. The van der Waals surface area contributed by atoms with Crippen LogP contribution >= 0.6 is 23.4 Å². The van der Waals surface area contributed by atoms with Gasteiger partial charge in [-0.3, -0.25) is 9.36 Å². The van der Waals surface area contributed by atoms with Crippen LogP contribution in [-0.2, 0) is 24.7 Å². The third-order valence-corrected chi connectivity index (χ3v) is 6.89. The van der Waals surface area contributed by atoms with Gasteiger partial charge in [0.15, 0.2) is 11.0 Å². The molecule has 0 saturated heterocycles. The van der Waals surface area contributed by atoms with Gasteiger partial charge < -0.3 is 5.32 Å². The van der Waals surface area contributed by atoms with E-state index < -0.39 is 40.8 Å². The number of alkyl halides is 6. The van der Waals surface area contributed by atoms with Gasteiger partial charge in [-0.1, -0.05) is 41.6 Å². The Balaban J connectivity index is 1.64. The predicted octanol–water partition coefficient (Wildman–Crippen LogP) is 7.63. The Morgan fingerprint density at radius 2 is 1.55 bits per heavy atom. The second kappa shape index (κ2) is 11.5. The average Bonchev–Trinajstić information content (AvgIpc) is 3.29. The third-order valence-electron chi connectivity index (χ3n) is 5.65. The van der Waals surface area contributed by atoms with E-state index in [-0.39, 0.29) is 18.4 Å². The summed E-state index contributed by atoms with van der Waals surface area (Å²) in [4.78, 5) is 12.7. The van der Waals surface area contributed by atoms with E-state index in [9.17, 15) is 35.5 Å². The van der Waals surface area contributed by atoms with Crippen LogP contribution in [0.2, 0.25) is 5.02 Å². The summed E-state index contributed by atoms with van der Waals surface area (Å²) in [6, 6.07) is 11.5. The van der Waals surface area contributed by atoms with E-state index in [4.69, 9.17) is 11.6 Å². The molecule has 0 radical (unpaired) electrons. The molecule has 5 nitrogen and oxygen atoms in total. The summed E-state index contributed by atoms with van der Waals surface area (Å²) < 4.78 is 94.2. The lowest BCUT2D eigenvalue weighted by Crippen LogP contribution is -2.26. The molecule has 0 spiro atoms. The van der Waals surface area contributed by atoms with Crippen molar-refractivity contribution in [1.82, 2.24) is 20.1 Å². The van der Waals surface area contributed by atoms with Crippen molar-refractivity contribution in [1.29, 1.82) is 0 Å². The zero-order chi connectivity index (χ0) is 29.2. The van der Waals surface area contributed by atoms with Crippen LogP contribution in [0.25, 0.3) is 5.69 Å². The summed E-state index contributed by atoms with van der Waals surface area (Å²) in [6.07, 6.45) is -10.2.